The smallest absolute Gasteiger partial charge is 0.411 e. The van der Waals surface area contributed by atoms with Crippen molar-refractivity contribution in [3.63, 3.8) is 0 Å². The van der Waals surface area contributed by atoms with Gasteiger partial charge in [-0.2, -0.15) is 0 Å². The number of hydrogen-bond acceptors (Lipinski definition) is 6. The van der Waals surface area contributed by atoms with E-state index in [1.54, 1.807) is 41.4 Å². The van der Waals surface area contributed by atoms with Crippen molar-refractivity contribution in [2.45, 2.75) is 38.6 Å². The number of nitrogens with zero attached hydrogens (tertiary/aromatic N) is 2. The first-order valence-electron chi connectivity index (χ1n) is 13.9. The second-order valence-electron chi connectivity index (χ2n) is 10.5. The fourth-order valence-corrected chi connectivity index (χ4v) is 5.51. The molecule has 0 aliphatic carbocycles. The van der Waals surface area contributed by atoms with E-state index in [1.807, 2.05) is 25.1 Å². The summed E-state index contributed by atoms with van der Waals surface area (Å²) in [5.41, 5.74) is 4.27. The molecule has 5 rings (SSSR count). The SMILES string of the molecule is COC(=O)Nc1ccc2c(c1)NC(=O)C(C)CCCC(N1CCC(c3cccc(OC)c3F)=CC1=O)c1cc-2ccn1. The normalized spacial score (nSPS) is 19.0. The average molecular weight is 573 g/mol. The fourth-order valence-electron chi connectivity index (χ4n) is 5.51. The lowest BCUT2D eigenvalue weighted by atomic mass is 9.92. The van der Waals surface area contributed by atoms with Crippen molar-refractivity contribution in [1.82, 2.24) is 9.88 Å². The second-order valence-corrected chi connectivity index (χ2v) is 10.5. The zero-order valence-corrected chi connectivity index (χ0v) is 23.8. The highest BCUT2D eigenvalue weighted by molar-refractivity contribution is 5.99. The second kappa shape index (κ2) is 12.4. The molecular formula is C32H33FN4O5. The standard InChI is InChI=1S/C32H33FN4O5/c1-19-6-4-8-27(37-15-13-21(17-29(37)38)24-7-5-9-28(41-2)30(24)33)26-16-20(12-14-34-26)23-11-10-22(35-32(40)42-3)18-25(23)36-31(19)39/h5,7,9-12,14,16-19,27H,4,6,8,13,15H2,1-3H3,(H,35,40)(H,36,39). The summed E-state index contributed by atoms with van der Waals surface area (Å²) in [6, 6.07) is 13.6. The molecule has 9 nitrogen and oxygen atoms in total. The number of hydrogen-bond donors (Lipinski definition) is 2. The first-order valence-corrected chi connectivity index (χ1v) is 13.9. The Kier molecular flexibility index (Phi) is 8.51. The van der Waals surface area contributed by atoms with Crippen LogP contribution < -0.4 is 15.4 Å². The van der Waals surface area contributed by atoms with Crippen LogP contribution in [0.15, 0.2) is 60.8 Å². The summed E-state index contributed by atoms with van der Waals surface area (Å²) in [4.78, 5) is 44.9. The van der Waals surface area contributed by atoms with Gasteiger partial charge in [-0.15, -0.1) is 0 Å². The molecule has 2 aliphatic rings. The first kappa shape index (κ1) is 28.8. The highest BCUT2D eigenvalue weighted by Crippen LogP contribution is 2.37. The average Bonchev–Trinajstić information content (AvgIpc) is 2.99. The molecule has 2 N–H and O–H groups in total. The summed E-state index contributed by atoms with van der Waals surface area (Å²) < 4.78 is 24.8. The molecule has 218 valence electrons. The molecule has 1 aromatic heterocycles. The van der Waals surface area contributed by atoms with Crippen molar-refractivity contribution in [3.05, 3.63) is 77.9 Å². The van der Waals surface area contributed by atoms with Gasteiger partial charge in [-0.25, -0.2) is 9.18 Å². The van der Waals surface area contributed by atoms with Crippen molar-refractivity contribution >= 4 is 34.9 Å². The van der Waals surface area contributed by atoms with E-state index in [4.69, 9.17) is 9.47 Å². The molecule has 0 saturated heterocycles. The minimum absolute atomic E-state index is 0.134. The lowest BCUT2D eigenvalue weighted by molar-refractivity contribution is -0.129. The number of ether oxygens (including phenoxy) is 2. The Labute approximate surface area is 243 Å². The first-order chi connectivity index (χ1) is 20.3. The fraction of sp³-hybridized carbons (Fsp3) is 0.312. The Balaban J connectivity index is 1.51. The largest absolute Gasteiger partial charge is 0.494 e. The quantitative estimate of drug-likeness (QED) is 0.386. The molecule has 2 aromatic carbocycles. The molecule has 10 heteroatoms. The molecule has 0 spiro atoms. The number of pyridine rings is 1. The van der Waals surface area contributed by atoms with E-state index in [-0.39, 0.29) is 29.5 Å². The van der Waals surface area contributed by atoms with E-state index < -0.39 is 11.9 Å². The van der Waals surface area contributed by atoms with Crippen molar-refractivity contribution in [3.8, 4) is 16.9 Å². The Morgan fingerprint density at radius 3 is 2.69 bits per heavy atom. The molecule has 3 heterocycles. The van der Waals surface area contributed by atoms with Gasteiger partial charge < -0.3 is 19.7 Å². The molecule has 42 heavy (non-hydrogen) atoms. The van der Waals surface area contributed by atoms with Gasteiger partial charge in [-0.1, -0.05) is 31.5 Å². The summed E-state index contributed by atoms with van der Waals surface area (Å²) in [5.74, 6) is -0.993. The number of fused-ring (bicyclic) bond motifs is 4. The highest BCUT2D eigenvalue weighted by Gasteiger charge is 2.30. The van der Waals surface area contributed by atoms with E-state index in [0.29, 0.717) is 54.7 Å². The van der Waals surface area contributed by atoms with Gasteiger partial charge in [-0.05, 0) is 60.7 Å². The number of benzene rings is 2. The van der Waals surface area contributed by atoms with E-state index in [1.165, 1.54) is 20.3 Å². The predicted molar refractivity (Wildman–Crippen MR) is 157 cm³/mol. The zero-order chi connectivity index (χ0) is 29.8. The van der Waals surface area contributed by atoms with E-state index in [0.717, 1.165) is 16.8 Å². The number of amides is 3. The van der Waals surface area contributed by atoms with Crippen LogP contribution in [0.4, 0.5) is 20.6 Å². The highest BCUT2D eigenvalue weighted by atomic mass is 19.1. The third kappa shape index (κ3) is 5.97. The molecule has 2 unspecified atom stereocenters. The van der Waals surface area contributed by atoms with Crippen LogP contribution in [-0.2, 0) is 14.3 Å². The Hall–Kier alpha value is -4.73. The van der Waals surface area contributed by atoms with Crippen molar-refractivity contribution in [2.24, 2.45) is 5.92 Å². The van der Waals surface area contributed by atoms with Gasteiger partial charge in [0.05, 0.1) is 31.6 Å². The molecule has 0 fully saturated rings. The van der Waals surface area contributed by atoms with E-state index >= 15 is 0 Å². The van der Waals surface area contributed by atoms with Crippen LogP contribution in [0, 0.1) is 11.7 Å². The maximum Gasteiger partial charge on any atom is 0.411 e. The molecule has 3 amide bonds. The summed E-state index contributed by atoms with van der Waals surface area (Å²) in [6.45, 7) is 2.26. The number of halogens is 1. The van der Waals surface area contributed by atoms with Gasteiger partial charge in [0.1, 0.15) is 0 Å². The number of carbonyl (C=O) groups excluding carboxylic acids is 3. The molecule has 2 atom stereocenters. The monoisotopic (exact) mass is 572 g/mol. The molecule has 0 radical (unpaired) electrons. The molecular weight excluding hydrogens is 539 g/mol. The lowest BCUT2D eigenvalue weighted by Crippen LogP contribution is -2.38. The van der Waals surface area contributed by atoms with Gasteiger partial charge in [0.15, 0.2) is 11.6 Å². The topological polar surface area (TPSA) is 110 Å². The van der Waals surface area contributed by atoms with Crippen molar-refractivity contribution in [2.75, 3.05) is 31.4 Å². The molecule has 2 aliphatic heterocycles. The maximum atomic E-state index is 15.0. The number of carbonyl (C=O) groups is 3. The maximum absolute atomic E-state index is 15.0. The number of aromatic nitrogens is 1. The van der Waals surface area contributed by atoms with Crippen LogP contribution in [0.3, 0.4) is 0 Å². The van der Waals surface area contributed by atoms with Crippen LogP contribution in [0.2, 0.25) is 0 Å². The van der Waals surface area contributed by atoms with Gasteiger partial charge in [0, 0.05) is 41.5 Å². The van der Waals surface area contributed by atoms with Gasteiger partial charge in [0.25, 0.3) is 0 Å². The summed E-state index contributed by atoms with van der Waals surface area (Å²) >= 11 is 0. The van der Waals surface area contributed by atoms with Gasteiger partial charge in [-0.3, -0.25) is 19.9 Å². The van der Waals surface area contributed by atoms with Crippen LogP contribution >= 0.6 is 0 Å². The van der Waals surface area contributed by atoms with E-state index in [9.17, 15) is 18.8 Å². The minimum Gasteiger partial charge on any atom is -0.494 e. The zero-order valence-electron chi connectivity index (χ0n) is 23.8. The number of rotatable bonds is 4. The summed E-state index contributed by atoms with van der Waals surface area (Å²) in [6.07, 6.45) is 4.97. The third-order valence-corrected chi connectivity index (χ3v) is 7.81. The Bertz CT molecular complexity index is 1560. The van der Waals surface area contributed by atoms with Crippen LogP contribution in [0.25, 0.3) is 16.7 Å². The minimum atomic E-state index is -0.616. The third-order valence-electron chi connectivity index (χ3n) is 7.81. The predicted octanol–water partition coefficient (Wildman–Crippen LogP) is 6.19. The Morgan fingerprint density at radius 2 is 1.93 bits per heavy atom. The van der Waals surface area contributed by atoms with Gasteiger partial charge >= 0.3 is 6.09 Å². The van der Waals surface area contributed by atoms with Crippen LogP contribution in [0.1, 0.15) is 49.9 Å². The Morgan fingerprint density at radius 1 is 1.10 bits per heavy atom. The van der Waals surface area contributed by atoms with Crippen molar-refractivity contribution in [1.29, 1.82) is 0 Å². The van der Waals surface area contributed by atoms with Crippen LogP contribution in [0.5, 0.6) is 5.75 Å². The molecule has 3 aromatic rings. The van der Waals surface area contributed by atoms with Crippen molar-refractivity contribution < 1.29 is 28.2 Å². The summed E-state index contributed by atoms with van der Waals surface area (Å²) in [5, 5.41) is 5.66. The number of methoxy groups -OCH3 is 2. The number of nitrogens with one attached hydrogen (secondary N) is 2. The van der Waals surface area contributed by atoms with Crippen LogP contribution in [-0.4, -0.2) is 48.6 Å². The van der Waals surface area contributed by atoms with Gasteiger partial charge in [0.2, 0.25) is 11.8 Å². The summed E-state index contributed by atoms with van der Waals surface area (Å²) in [7, 11) is 2.69. The number of anilines is 2. The van der Waals surface area contributed by atoms with E-state index in [2.05, 4.69) is 15.6 Å². The molecule has 2 bridgehead atoms. The lowest BCUT2D eigenvalue weighted by Gasteiger charge is -2.34. The molecule has 0 saturated carbocycles.